The van der Waals surface area contributed by atoms with Crippen molar-refractivity contribution in [2.75, 3.05) is 19.0 Å². The molecule has 0 spiro atoms. The van der Waals surface area contributed by atoms with Gasteiger partial charge in [-0.2, -0.15) is 10.1 Å². The molecule has 0 saturated carbocycles. The molecule has 1 aromatic carbocycles. The number of allylic oxidation sites excluding steroid dienone is 1. The molecule has 0 bridgehead atoms. The number of fused-ring (bicyclic) bond motifs is 1. The van der Waals surface area contributed by atoms with Gasteiger partial charge >= 0.3 is 5.97 Å². The van der Waals surface area contributed by atoms with Crippen LogP contribution in [0, 0.1) is 0 Å². The molecule has 3 rings (SSSR count). The Labute approximate surface area is 147 Å². The van der Waals surface area contributed by atoms with Crippen LogP contribution in [0.1, 0.15) is 25.5 Å². The first-order valence-corrected chi connectivity index (χ1v) is 8.24. The predicted molar refractivity (Wildman–Crippen MR) is 91.8 cm³/mol. The van der Waals surface area contributed by atoms with Crippen LogP contribution >= 0.6 is 15.9 Å². The number of methoxy groups -OCH3 is 1. The molecular weight excluding hydrogens is 376 g/mol. The van der Waals surface area contributed by atoms with E-state index in [1.54, 1.807) is 18.7 Å². The molecule has 1 N–H and O–H groups in total. The molecule has 0 aliphatic carbocycles. The van der Waals surface area contributed by atoms with Gasteiger partial charge in [0.05, 0.1) is 23.8 Å². The van der Waals surface area contributed by atoms with E-state index in [4.69, 9.17) is 9.47 Å². The molecule has 8 heteroatoms. The number of halogens is 1. The van der Waals surface area contributed by atoms with Crippen LogP contribution in [0.2, 0.25) is 0 Å². The Morgan fingerprint density at radius 1 is 1.46 bits per heavy atom. The van der Waals surface area contributed by atoms with Crippen LogP contribution in [-0.2, 0) is 9.53 Å². The molecule has 24 heavy (non-hydrogen) atoms. The lowest BCUT2D eigenvalue weighted by Crippen LogP contribution is -2.29. The Morgan fingerprint density at radius 2 is 2.25 bits per heavy atom. The third kappa shape index (κ3) is 2.77. The van der Waals surface area contributed by atoms with Crippen molar-refractivity contribution in [3.63, 3.8) is 0 Å². The number of benzene rings is 1. The number of ether oxygens (including phenoxy) is 2. The van der Waals surface area contributed by atoms with Crippen molar-refractivity contribution < 1.29 is 14.3 Å². The molecule has 0 radical (unpaired) electrons. The van der Waals surface area contributed by atoms with E-state index < -0.39 is 6.04 Å². The van der Waals surface area contributed by atoms with Gasteiger partial charge < -0.3 is 14.8 Å². The number of esters is 1. The summed E-state index contributed by atoms with van der Waals surface area (Å²) < 4.78 is 13.0. The number of aromatic nitrogens is 3. The van der Waals surface area contributed by atoms with E-state index in [9.17, 15) is 4.79 Å². The fourth-order valence-electron chi connectivity index (χ4n) is 2.73. The Kier molecular flexibility index (Phi) is 4.57. The molecule has 2 aromatic rings. The maximum atomic E-state index is 12.5. The number of nitrogens with one attached hydrogen (secondary N) is 1. The molecule has 7 nitrogen and oxygen atoms in total. The van der Waals surface area contributed by atoms with Crippen molar-refractivity contribution in [1.29, 1.82) is 0 Å². The van der Waals surface area contributed by atoms with Crippen molar-refractivity contribution in [2.24, 2.45) is 0 Å². The first-order valence-electron chi connectivity index (χ1n) is 7.44. The third-order valence-corrected chi connectivity index (χ3v) is 4.40. The van der Waals surface area contributed by atoms with Gasteiger partial charge in [0.1, 0.15) is 18.1 Å². The molecule has 1 aliphatic heterocycles. The van der Waals surface area contributed by atoms with Crippen molar-refractivity contribution in [3.05, 3.63) is 45.8 Å². The number of hydrogen-bond donors (Lipinski definition) is 1. The molecule has 1 aromatic heterocycles. The second-order valence-corrected chi connectivity index (χ2v) is 6.06. The lowest BCUT2D eigenvalue weighted by Gasteiger charge is -2.28. The van der Waals surface area contributed by atoms with Crippen LogP contribution in [0.25, 0.3) is 0 Å². The highest BCUT2D eigenvalue weighted by atomic mass is 79.9. The minimum Gasteiger partial charge on any atom is -0.496 e. The van der Waals surface area contributed by atoms with Crippen molar-refractivity contribution in [1.82, 2.24) is 14.8 Å². The number of carbonyl (C=O) groups is 1. The van der Waals surface area contributed by atoms with E-state index in [1.807, 2.05) is 25.1 Å². The summed E-state index contributed by atoms with van der Waals surface area (Å²) in [6.07, 6.45) is 1.45. The smallest absolute Gasteiger partial charge is 0.338 e. The summed E-state index contributed by atoms with van der Waals surface area (Å²) in [5.41, 5.74) is 2.08. The average molecular weight is 393 g/mol. The SMILES string of the molecule is CCOC(=O)C1=C(C)Nc2ncnn2C1c1ccc(OC)c(Br)c1. The van der Waals surface area contributed by atoms with Crippen LogP contribution in [0.15, 0.2) is 40.3 Å². The first-order chi connectivity index (χ1) is 11.6. The predicted octanol–water partition coefficient (Wildman–Crippen LogP) is 2.90. The lowest BCUT2D eigenvalue weighted by atomic mass is 9.96. The maximum absolute atomic E-state index is 12.5. The highest BCUT2D eigenvalue weighted by Gasteiger charge is 2.34. The van der Waals surface area contributed by atoms with E-state index >= 15 is 0 Å². The highest BCUT2D eigenvalue weighted by Crippen LogP contribution is 2.37. The first kappa shape index (κ1) is 16.5. The van der Waals surface area contributed by atoms with Gasteiger partial charge in [-0.3, -0.25) is 0 Å². The van der Waals surface area contributed by atoms with E-state index in [2.05, 4.69) is 31.3 Å². The molecule has 2 heterocycles. The van der Waals surface area contributed by atoms with E-state index in [-0.39, 0.29) is 5.97 Å². The quantitative estimate of drug-likeness (QED) is 0.805. The summed E-state index contributed by atoms with van der Waals surface area (Å²) in [6, 6.07) is 5.23. The van der Waals surface area contributed by atoms with Crippen molar-refractivity contribution >= 4 is 27.8 Å². The Balaban J connectivity index is 2.14. The topological polar surface area (TPSA) is 78.3 Å². The molecule has 0 fully saturated rings. The van der Waals surface area contributed by atoms with E-state index in [0.717, 1.165) is 10.0 Å². The number of hydrogen-bond acceptors (Lipinski definition) is 6. The molecule has 1 unspecified atom stereocenters. The largest absolute Gasteiger partial charge is 0.496 e. The number of carbonyl (C=O) groups excluding carboxylic acids is 1. The molecule has 1 aliphatic rings. The van der Waals surface area contributed by atoms with Gasteiger partial charge in [-0.05, 0) is 47.5 Å². The third-order valence-electron chi connectivity index (χ3n) is 3.78. The number of nitrogens with zero attached hydrogens (tertiary/aromatic N) is 3. The number of rotatable bonds is 4. The highest BCUT2D eigenvalue weighted by molar-refractivity contribution is 9.10. The summed E-state index contributed by atoms with van der Waals surface area (Å²) in [5, 5.41) is 7.37. The average Bonchev–Trinajstić information content (AvgIpc) is 3.01. The van der Waals surface area contributed by atoms with E-state index in [0.29, 0.717) is 29.6 Å². The molecule has 126 valence electrons. The van der Waals surface area contributed by atoms with Crippen LogP contribution in [0.4, 0.5) is 5.95 Å². The van der Waals surface area contributed by atoms with Gasteiger partial charge in [-0.15, -0.1) is 0 Å². The maximum Gasteiger partial charge on any atom is 0.338 e. The van der Waals surface area contributed by atoms with Gasteiger partial charge in [0.2, 0.25) is 5.95 Å². The zero-order valence-electron chi connectivity index (χ0n) is 13.5. The molecular formula is C16H17BrN4O3. The fraction of sp³-hybridized carbons (Fsp3) is 0.312. The lowest BCUT2D eigenvalue weighted by molar-refractivity contribution is -0.139. The van der Waals surface area contributed by atoms with Crippen LogP contribution in [0.5, 0.6) is 5.75 Å². The zero-order chi connectivity index (χ0) is 17.3. The standard InChI is InChI=1S/C16H17BrN4O3/c1-4-24-15(22)13-9(2)20-16-18-8-19-21(16)14(13)10-5-6-12(23-3)11(17)7-10/h5-8,14H,4H2,1-3H3,(H,18,19,20). The molecule has 0 saturated heterocycles. The van der Waals surface area contributed by atoms with Gasteiger partial charge in [0.15, 0.2) is 0 Å². The fourth-order valence-corrected chi connectivity index (χ4v) is 3.28. The van der Waals surface area contributed by atoms with Gasteiger partial charge in [-0.1, -0.05) is 6.07 Å². The van der Waals surface area contributed by atoms with Crippen LogP contribution in [-0.4, -0.2) is 34.5 Å². The monoisotopic (exact) mass is 392 g/mol. The van der Waals surface area contributed by atoms with Crippen LogP contribution < -0.4 is 10.1 Å². The van der Waals surface area contributed by atoms with Crippen LogP contribution in [0.3, 0.4) is 0 Å². The summed E-state index contributed by atoms with van der Waals surface area (Å²) in [6.45, 7) is 3.92. The molecule has 1 atom stereocenters. The van der Waals surface area contributed by atoms with Gasteiger partial charge in [0, 0.05) is 5.70 Å². The second kappa shape index (κ2) is 6.64. The zero-order valence-corrected chi connectivity index (χ0v) is 15.1. The molecule has 0 amide bonds. The summed E-state index contributed by atoms with van der Waals surface area (Å²) >= 11 is 3.49. The Hall–Kier alpha value is -2.35. The second-order valence-electron chi connectivity index (χ2n) is 5.21. The minimum atomic E-state index is -0.426. The van der Waals surface area contributed by atoms with Crippen molar-refractivity contribution in [2.45, 2.75) is 19.9 Å². The van der Waals surface area contributed by atoms with E-state index in [1.165, 1.54) is 6.33 Å². The normalized spacial score (nSPS) is 16.4. The Bertz CT molecular complexity index is 815. The number of anilines is 1. The van der Waals surface area contributed by atoms with Gasteiger partial charge in [-0.25, -0.2) is 9.48 Å². The summed E-state index contributed by atoms with van der Waals surface area (Å²) in [5.74, 6) is 0.919. The van der Waals surface area contributed by atoms with Crippen molar-refractivity contribution in [3.8, 4) is 5.75 Å². The minimum absolute atomic E-state index is 0.304. The summed E-state index contributed by atoms with van der Waals surface area (Å²) in [4.78, 5) is 16.7. The summed E-state index contributed by atoms with van der Waals surface area (Å²) in [7, 11) is 1.61. The Morgan fingerprint density at radius 3 is 2.92 bits per heavy atom. The van der Waals surface area contributed by atoms with Gasteiger partial charge in [0.25, 0.3) is 0 Å².